The molecule has 6 heteroatoms. The van der Waals surface area contributed by atoms with Crippen LogP contribution in [0.4, 0.5) is 0 Å². The number of nitrogens with one attached hydrogen (secondary N) is 2. The van der Waals surface area contributed by atoms with Gasteiger partial charge in [-0.3, -0.25) is 9.89 Å². The van der Waals surface area contributed by atoms with Crippen LogP contribution in [0.5, 0.6) is 0 Å². The van der Waals surface area contributed by atoms with Crippen molar-refractivity contribution in [3.05, 3.63) is 0 Å². The molecule has 0 bridgehead atoms. The molecule has 6 nitrogen and oxygen atoms in total. The van der Waals surface area contributed by atoms with E-state index in [1.54, 1.807) is 0 Å². The maximum atomic E-state index is 5.87. The van der Waals surface area contributed by atoms with E-state index in [9.17, 15) is 0 Å². The lowest BCUT2D eigenvalue weighted by Crippen LogP contribution is -2.56. The predicted octanol–water partition coefficient (Wildman–Crippen LogP) is 2.25. The zero-order valence-electron chi connectivity index (χ0n) is 17.5. The highest BCUT2D eigenvalue weighted by Crippen LogP contribution is 2.28. The van der Waals surface area contributed by atoms with Crippen LogP contribution in [0.2, 0.25) is 0 Å². The first kappa shape index (κ1) is 21.5. The van der Waals surface area contributed by atoms with Gasteiger partial charge in [-0.15, -0.1) is 0 Å². The number of guanidine groups is 1. The summed E-state index contributed by atoms with van der Waals surface area (Å²) in [5.74, 6) is 1.74. The van der Waals surface area contributed by atoms with Crippen molar-refractivity contribution in [2.45, 2.75) is 71.6 Å². The van der Waals surface area contributed by atoms with E-state index in [-0.39, 0.29) is 17.7 Å². The molecule has 2 fully saturated rings. The third-order valence-corrected chi connectivity index (χ3v) is 5.05. The van der Waals surface area contributed by atoms with Gasteiger partial charge < -0.3 is 20.1 Å². The van der Waals surface area contributed by atoms with Gasteiger partial charge in [0.15, 0.2) is 5.96 Å². The number of aliphatic imine (C=N–C) groups is 1. The van der Waals surface area contributed by atoms with E-state index in [1.165, 1.54) is 12.8 Å². The highest BCUT2D eigenvalue weighted by molar-refractivity contribution is 5.79. The third-order valence-electron chi connectivity index (χ3n) is 5.05. The number of morpholine rings is 1. The Morgan fingerprint density at radius 2 is 1.88 bits per heavy atom. The van der Waals surface area contributed by atoms with Gasteiger partial charge in [0.25, 0.3) is 0 Å². The summed E-state index contributed by atoms with van der Waals surface area (Å²) in [7, 11) is 0. The molecule has 0 aromatic rings. The van der Waals surface area contributed by atoms with Gasteiger partial charge >= 0.3 is 0 Å². The molecule has 0 aromatic carbocycles. The lowest BCUT2D eigenvalue weighted by Gasteiger charge is -2.44. The molecular weight excluding hydrogens is 328 g/mol. The van der Waals surface area contributed by atoms with E-state index in [2.05, 4.69) is 50.2 Å². The molecule has 2 unspecified atom stereocenters. The van der Waals surface area contributed by atoms with Crippen LogP contribution in [0.15, 0.2) is 4.99 Å². The maximum Gasteiger partial charge on any atom is 0.191 e. The lowest BCUT2D eigenvalue weighted by atomic mass is 10.0. The van der Waals surface area contributed by atoms with Crippen LogP contribution >= 0.6 is 0 Å². The van der Waals surface area contributed by atoms with Crippen LogP contribution < -0.4 is 10.6 Å². The van der Waals surface area contributed by atoms with Gasteiger partial charge in [0, 0.05) is 44.9 Å². The minimum Gasteiger partial charge on any atom is -0.381 e. The highest BCUT2D eigenvalue weighted by Gasteiger charge is 2.33. The van der Waals surface area contributed by atoms with Gasteiger partial charge in [-0.25, -0.2) is 0 Å². The minimum atomic E-state index is 0.0159. The Morgan fingerprint density at radius 1 is 1.19 bits per heavy atom. The van der Waals surface area contributed by atoms with Crippen molar-refractivity contribution < 1.29 is 9.47 Å². The Morgan fingerprint density at radius 3 is 2.50 bits per heavy atom. The Hall–Kier alpha value is -0.850. The Balaban J connectivity index is 1.74. The molecule has 152 valence electrons. The molecule has 2 N–H and O–H groups in total. The molecule has 0 spiro atoms. The van der Waals surface area contributed by atoms with Gasteiger partial charge in [0.2, 0.25) is 0 Å². The fourth-order valence-corrected chi connectivity index (χ4v) is 3.30. The number of ether oxygens (including phenoxy) is 2. The third kappa shape index (κ3) is 7.80. The standard InChI is InChI=1S/C20H40N4O2/c1-6-21-19(22-10-7-11-25-14-18-8-9-18)23-15-20(4,5)24-12-16(2)26-17(3)13-24/h16-18H,6-15H2,1-5H3,(H2,21,22,23). The van der Waals surface area contributed by atoms with Crippen molar-refractivity contribution in [3.8, 4) is 0 Å². The van der Waals surface area contributed by atoms with E-state index < -0.39 is 0 Å². The van der Waals surface area contributed by atoms with Crippen LogP contribution in [-0.4, -0.2) is 74.5 Å². The number of nitrogens with zero attached hydrogens (tertiary/aromatic N) is 2. The van der Waals surface area contributed by atoms with Crippen molar-refractivity contribution in [2.24, 2.45) is 10.9 Å². The summed E-state index contributed by atoms with van der Waals surface area (Å²) in [6.45, 7) is 17.2. The van der Waals surface area contributed by atoms with Gasteiger partial charge in [0.1, 0.15) is 0 Å². The van der Waals surface area contributed by atoms with Gasteiger partial charge in [-0.05, 0) is 59.8 Å². The fourth-order valence-electron chi connectivity index (χ4n) is 3.30. The van der Waals surface area contributed by atoms with E-state index >= 15 is 0 Å². The first-order valence-electron chi connectivity index (χ1n) is 10.4. The fraction of sp³-hybridized carbons (Fsp3) is 0.950. The van der Waals surface area contributed by atoms with E-state index in [4.69, 9.17) is 14.5 Å². The second-order valence-corrected chi connectivity index (χ2v) is 8.47. The second-order valence-electron chi connectivity index (χ2n) is 8.47. The number of hydrogen-bond acceptors (Lipinski definition) is 4. The number of rotatable bonds is 10. The second kappa shape index (κ2) is 10.5. The number of hydrogen-bond donors (Lipinski definition) is 2. The molecule has 2 rings (SSSR count). The van der Waals surface area contributed by atoms with Crippen LogP contribution in [0, 0.1) is 5.92 Å². The lowest BCUT2D eigenvalue weighted by molar-refractivity contribution is -0.0939. The molecule has 1 saturated heterocycles. The van der Waals surface area contributed by atoms with Crippen LogP contribution in [0.25, 0.3) is 0 Å². The van der Waals surface area contributed by atoms with Crippen molar-refractivity contribution >= 4 is 5.96 Å². The average molecular weight is 369 g/mol. The molecule has 1 aliphatic heterocycles. The first-order chi connectivity index (χ1) is 12.4. The summed E-state index contributed by atoms with van der Waals surface area (Å²) in [5, 5.41) is 6.78. The van der Waals surface area contributed by atoms with Gasteiger partial charge in [-0.1, -0.05) is 0 Å². The average Bonchev–Trinajstić information content (AvgIpc) is 3.39. The first-order valence-corrected chi connectivity index (χ1v) is 10.4. The summed E-state index contributed by atoms with van der Waals surface area (Å²) < 4.78 is 11.6. The molecule has 26 heavy (non-hydrogen) atoms. The largest absolute Gasteiger partial charge is 0.381 e. The molecule has 1 aliphatic carbocycles. The molecule has 0 radical (unpaired) electrons. The smallest absolute Gasteiger partial charge is 0.191 e. The van der Waals surface area contributed by atoms with E-state index in [0.717, 1.165) is 64.2 Å². The van der Waals surface area contributed by atoms with E-state index in [0.29, 0.717) is 0 Å². The van der Waals surface area contributed by atoms with Crippen molar-refractivity contribution in [1.82, 2.24) is 15.5 Å². The quantitative estimate of drug-likeness (QED) is 0.352. The minimum absolute atomic E-state index is 0.0159. The molecule has 2 atom stereocenters. The highest BCUT2D eigenvalue weighted by atomic mass is 16.5. The SMILES string of the molecule is CCNC(=NCC(C)(C)N1CC(C)OC(C)C1)NCCCOCC1CC1. The summed E-state index contributed by atoms with van der Waals surface area (Å²) in [5.41, 5.74) is 0.0159. The maximum absolute atomic E-state index is 5.87. The molecule has 0 amide bonds. The summed E-state index contributed by atoms with van der Waals surface area (Å²) in [4.78, 5) is 7.34. The van der Waals surface area contributed by atoms with Crippen LogP contribution in [0.1, 0.15) is 53.9 Å². The molecule has 1 saturated carbocycles. The van der Waals surface area contributed by atoms with Gasteiger partial charge in [-0.2, -0.15) is 0 Å². The molecular formula is C20H40N4O2. The van der Waals surface area contributed by atoms with Crippen molar-refractivity contribution in [2.75, 3.05) is 45.9 Å². The zero-order valence-corrected chi connectivity index (χ0v) is 17.5. The topological polar surface area (TPSA) is 58.1 Å². The van der Waals surface area contributed by atoms with Crippen LogP contribution in [-0.2, 0) is 9.47 Å². The molecule has 1 heterocycles. The summed E-state index contributed by atoms with van der Waals surface area (Å²) in [6.07, 6.45) is 4.28. The van der Waals surface area contributed by atoms with E-state index in [1.807, 2.05) is 0 Å². The Kier molecular flexibility index (Phi) is 8.64. The molecule has 2 aliphatic rings. The summed E-state index contributed by atoms with van der Waals surface area (Å²) >= 11 is 0. The Bertz CT molecular complexity index is 428. The van der Waals surface area contributed by atoms with Crippen LogP contribution in [0.3, 0.4) is 0 Å². The van der Waals surface area contributed by atoms with Crippen molar-refractivity contribution in [1.29, 1.82) is 0 Å². The van der Waals surface area contributed by atoms with Crippen molar-refractivity contribution in [3.63, 3.8) is 0 Å². The monoisotopic (exact) mass is 368 g/mol. The normalized spacial score (nSPS) is 25.3. The summed E-state index contributed by atoms with van der Waals surface area (Å²) in [6, 6.07) is 0. The Labute approximate surface area is 160 Å². The predicted molar refractivity (Wildman–Crippen MR) is 108 cm³/mol. The van der Waals surface area contributed by atoms with Gasteiger partial charge in [0.05, 0.1) is 18.8 Å². The zero-order chi connectivity index (χ0) is 19.0. The molecule has 0 aromatic heterocycles.